The molecule has 0 heterocycles. The number of allylic oxidation sites excluding steroid dienone is 8. The molecule has 0 rings (SSSR count). The first-order valence-corrected chi connectivity index (χ1v) is 11.2. The maximum atomic E-state index is 11.7. The fraction of sp³-hybridized carbons (Fsp3) is 0.600. The first-order valence-electron chi connectivity index (χ1n) is 11.2. The maximum absolute atomic E-state index is 11.7. The minimum Gasteiger partial charge on any atom is -0.394 e. The molecule has 2 atom stereocenters. The average Bonchev–Trinajstić information content (AvgIpc) is 2.74. The molecule has 0 bridgehead atoms. The summed E-state index contributed by atoms with van der Waals surface area (Å²) >= 11 is 0. The fourth-order valence-electron chi connectivity index (χ4n) is 2.70. The van der Waals surface area contributed by atoms with E-state index in [0.29, 0.717) is 6.42 Å². The van der Waals surface area contributed by atoms with Gasteiger partial charge >= 0.3 is 0 Å². The van der Waals surface area contributed by atoms with Gasteiger partial charge in [-0.25, -0.2) is 0 Å². The molecule has 0 spiro atoms. The molecule has 0 aliphatic rings. The van der Waals surface area contributed by atoms with Crippen LogP contribution in [0.2, 0.25) is 0 Å². The normalized spacial score (nSPS) is 14.4. The van der Waals surface area contributed by atoms with E-state index >= 15 is 0 Å². The third-order valence-electron chi connectivity index (χ3n) is 4.58. The average molecular weight is 421 g/mol. The Morgan fingerprint density at radius 1 is 0.767 bits per heavy atom. The lowest BCUT2D eigenvalue weighted by molar-refractivity contribution is -0.137. The Hall–Kier alpha value is -1.82. The van der Waals surface area contributed by atoms with Crippen molar-refractivity contribution in [3.8, 4) is 0 Å². The molecule has 0 aromatic carbocycles. The Bertz CT molecular complexity index is 560. The number of aliphatic hydroxyl groups excluding tert-OH is 3. The summed E-state index contributed by atoms with van der Waals surface area (Å²) in [6.07, 6.45) is 23.0. The monoisotopic (exact) mass is 420 g/mol. The van der Waals surface area contributed by atoms with E-state index in [2.05, 4.69) is 25.2 Å². The van der Waals surface area contributed by atoms with Gasteiger partial charge in [0.1, 0.15) is 18.0 Å². The number of rotatable bonds is 19. The minimum atomic E-state index is -1.71. The highest BCUT2D eigenvalue weighted by molar-refractivity contribution is 6.01. The van der Waals surface area contributed by atoms with E-state index < -0.39 is 31.0 Å². The zero-order chi connectivity index (χ0) is 22.5. The molecule has 5 nitrogen and oxygen atoms in total. The molecule has 0 radical (unpaired) electrons. The molecule has 0 aromatic rings. The lowest BCUT2D eigenvalue weighted by Gasteiger charge is -2.13. The van der Waals surface area contributed by atoms with Gasteiger partial charge in [0, 0.05) is 6.42 Å². The minimum absolute atomic E-state index is 0.195. The molecule has 0 amide bonds. The van der Waals surface area contributed by atoms with E-state index in [0.717, 1.165) is 12.8 Å². The summed E-state index contributed by atoms with van der Waals surface area (Å²) in [5.74, 6) is -1.06. The molecule has 0 fully saturated rings. The molecule has 0 aliphatic carbocycles. The summed E-state index contributed by atoms with van der Waals surface area (Å²) in [4.78, 5) is 23.2. The molecule has 0 aliphatic heterocycles. The second-order valence-electron chi connectivity index (χ2n) is 7.41. The van der Waals surface area contributed by atoms with E-state index in [1.807, 2.05) is 30.4 Å². The topological polar surface area (TPSA) is 94.8 Å². The van der Waals surface area contributed by atoms with Crippen LogP contribution in [-0.2, 0) is 9.59 Å². The number of hydrogen-bond acceptors (Lipinski definition) is 5. The van der Waals surface area contributed by atoms with Crippen molar-refractivity contribution in [2.75, 3.05) is 6.61 Å². The van der Waals surface area contributed by atoms with E-state index in [4.69, 9.17) is 5.11 Å². The van der Waals surface area contributed by atoms with E-state index in [-0.39, 0.29) is 12.2 Å². The van der Waals surface area contributed by atoms with Gasteiger partial charge in [-0.3, -0.25) is 9.59 Å². The number of carbonyl (C=O) groups excluding carboxylic acids is 2. The Morgan fingerprint density at radius 3 is 1.87 bits per heavy atom. The van der Waals surface area contributed by atoms with Crippen molar-refractivity contribution in [2.24, 2.45) is 0 Å². The van der Waals surface area contributed by atoms with Crippen LogP contribution in [0.5, 0.6) is 0 Å². The third kappa shape index (κ3) is 17.1. The molecule has 0 saturated heterocycles. The summed E-state index contributed by atoms with van der Waals surface area (Å²) in [7, 11) is 0. The van der Waals surface area contributed by atoms with Gasteiger partial charge in [-0.05, 0) is 44.9 Å². The maximum Gasteiger partial charge on any atom is 0.171 e. The molecule has 0 aromatic heterocycles. The third-order valence-corrected chi connectivity index (χ3v) is 4.58. The van der Waals surface area contributed by atoms with Crippen molar-refractivity contribution >= 4 is 11.6 Å². The number of aliphatic hydroxyl groups is 3. The largest absolute Gasteiger partial charge is 0.394 e. The van der Waals surface area contributed by atoms with Crippen molar-refractivity contribution < 1.29 is 24.9 Å². The summed E-state index contributed by atoms with van der Waals surface area (Å²) in [5, 5.41) is 27.3. The highest BCUT2D eigenvalue weighted by atomic mass is 16.4. The van der Waals surface area contributed by atoms with Crippen molar-refractivity contribution in [2.45, 2.75) is 89.8 Å². The smallest absolute Gasteiger partial charge is 0.171 e. The summed E-state index contributed by atoms with van der Waals surface area (Å²) in [6.45, 7) is 1.50. The van der Waals surface area contributed by atoms with Crippen LogP contribution in [0.4, 0.5) is 0 Å². The van der Waals surface area contributed by atoms with Crippen molar-refractivity contribution in [1.82, 2.24) is 0 Å². The molecule has 5 heteroatoms. The number of ketones is 2. The number of unbranched alkanes of at least 4 members (excludes halogenated alkanes) is 6. The van der Waals surface area contributed by atoms with Crippen LogP contribution in [0, 0.1) is 0 Å². The van der Waals surface area contributed by atoms with Crippen molar-refractivity contribution in [1.29, 1.82) is 0 Å². The van der Waals surface area contributed by atoms with Crippen molar-refractivity contribution in [3.05, 3.63) is 48.6 Å². The van der Waals surface area contributed by atoms with Crippen LogP contribution >= 0.6 is 0 Å². The summed E-state index contributed by atoms with van der Waals surface area (Å²) in [5.41, 5.74) is 0. The van der Waals surface area contributed by atoms with Crippen LogP contribution < -0.4 is 0 Å². The number of carbonyl (C=O) groups is 2. The van der Waals surface area contributed by atoms with Crippen LogP contribution in [-0.4, -0.2) is 45.7 Å². The van der Waals surface area contributed by atoms with Crippen LogP contribution in [0.25, 0.3) is 0 Å². The lowest BCUT2D eigenvalue weighted by Crippen LogP contribution is -2.37. The zero-order valence-corrected chi connectivity index (χ0v) is 18.4. The van der Waals surface area contributed by atoms with Gasteiger partial charge < -0.3 is 15.3 Å². The van der Waals surface area contributed by atoms with E-state index in [9.17, 15) is 19.8 Å². The van der Waals surface area contributed by atoms with Gasteiger partial charge in [-0.1, -0.05) is 68.4 Å². The lowest BCUT2D eigenvalue weighted by atomic mass is 10.0. The van der Waals surface area contributed by atoms with E-state index in [1.54, 1.807) is 0 Å². The number of hydrogen-bond donors (Lipinski definition) is 3. The number of Topliss-reactive ketones (excluding diaryl/α,β-unsaturated/α-hetero) is 2. The molecule has 170 valence electrons. The van der Waals surface area contributed by atoms with Crippen LogP contribution in [0.15, 0.2) is 48.6 Å². The molecule has 3 N–H and O–H groups in total. The summed E-state index contributed by atoms with van der Waals surface area (Å²) < 4.78 is 0. The van der Waals surface area contributed by atoms with Crippen LogP contribution in [0.1, 0.15) is 77.6 Å². The Kier molecular flexibility index (Phi) is 19.2. The summed E-state index contributed by atoms with van der Waals surface area (Å²) in [6, 6.07) is 0. The first-order chi connectivity index (χ1) is 14.5. The Morgan fingerprint density at radius 2 is 1.30 bits per heavy atom. The van der Waals surface area contributed by atoms with Gasteiger partial charge in [0.15, 0.2) is 5.78 Å². The Balaban J connectivity index is 3.72. The van der Waals surface area contributed by atoms with Gasteiger partial charge in [0.25, 0.3) is 0 Å². The second-order valence-corrected chi connectivity index (χ2v) is 7.41. The Labute approximate surface area is 181 Å². The quantitative estimate of drug-likeness (QED) is 0.125. The predicted octanol–water partition coefficient (Wildman–Crippen LogP) is 4.37. The molecule has 30 heavy (non-hydrogen) atoms. The highest BCUT2D eigenvalue weighted by Gasteiger charge is 2.24. The molecule has 0 saturated carbocycles. The predicted molar refractivity (Wildman–Crippen MR) is 122 cm³/mol. The zero-order valence-electron chi connectivity index (χ0n) is 18.4. The van der Waals surface area contributed by atoms with Crippen molar-refractivity contribution in [3.63, 3.8) is 0 Å². The van der Waals surface area contributed by atoms with Gasteiger partial charge in [0.05, 0.1) is 13.0 Å². The molecular formula is C25H40O5. The molecule has 2 unspecified atom stereocenters. The van der Waals surface area contributed by atoms with Gasteiger partial charge in [-0.2, -0.15) is 0 Å². The van der Waals surface area contributed by atoms with Gasteiger partial charge in [0.2, 0.25) is 0 Å². The van der Waals surface area contributed by atoms with Gasteiger partial charge in [-0.15, -0.1) is 0 Å². The SMILES string of the molecule is CCCCC/C=C/CCCC/C=C/C=C/C=C/CCC(=O)CC(=O)C(O)C(O)CO. The second kappa shape index (κ2) is 20.5. The molecular weight excluding hydrogens is 380 g/mol. The standard InChI is InChI=1S/C25H40O5/c1-2-3-4-5-6-7-8-9-10-11-12-13-14-15-16-17-18-19-22(27)20-23(28)25(30)24(29)21-26/h6-7,12-17,24-26,29-30H,2-5,8-11,18-21H2,1H3/b7-6+,13-12+,15-14+,17-16+. The highest BCUT2D eigenvalue weighted by Crippen LogP contribution is 2.05. The first kappa shape index (κ1) is 28.2. The van der Waals surface area contributed by atoms with E-state index in [1.165, 1.54) is 38.5 Å². The van der Waals surface area contributed by atoms with Crippen LogP contribution in [0.3, 0.4) is 0 Å². The fourth-order valence-corrected chi connectivity index (χ4v) is 2.70.